The number of nitrogens with two attached hydrogens (primary N) is 1. The lowest BCUT2D eigenvalue weighted by Crippen LogP contribution is -2.47. The first-order valence-corrected chi connectivity index (χ1v) is 4.30. The molecule has 1 atom stereocenters. The van der Waals surface area contributed by atoms with Crippen molar-refractivity contribution in [3.63, 3.8) is 0 Å². The summed E-state index contributed by atoms with van der Waals surface area (Å²) in [5.74, 6) is -1.40. The summed E-state index contributed by atoms with van der Waals surface area (Å²) < 4.78 is 0. The molecule has 0 aliphatic carbocycles. The largest absolute Gasteiger partial charge is 0.370 e. The second kappa shape index (κ2) is 5.95. The Hall–Kier alpha value is -1.59. The van der Waals surface area contributed by atoms with Crippen LogP contribution in [-0.2, 0) is 14.4 Å². The van der Waals surface area contributed by atoms with E-state index in [1.54, 1.807) is 6.92 Å². The minimum Gasteiger partial charge on any atom is -0.370 e. The normalized spacial score (nSPS) is 11.6. The van der Waals surface area contributed by atoms with E-state index in [0.717, 1.165) is 0 Å². The Morgan fingerprint density at radius 2 is 1.93 bits per heavy atom. The average Bonchev–Trinajstić information content (AvgIpc) is 2.01. The van der Waals surface area contributed by atoms with Crippen LogP contribution in [0.15, 0.2) is 0 Å². The number of amides is 3. The van der Waals surface area contributed by atoms with Gasteiger partial charge in [0, 0.05) is 13.5 Å². The van der Waals surface area contributed by atoms with Crippen molar-refractivity contribution in [2.24, 2.45) is 5.73 Å². The lowest BCUT2D eigenvalue weighted by atomic mass is 10.2. The zero-order valence-corrected chi connectivity index (χ0v) is 8.29. The van der Waals surface area contributed by atoms with E-state index >= 15 is 0 Å². The molecule has 4 N–H and O–H groups in total. The van der Waals surface area contributed by atoms with E-state index in [0.29, 0.717) is 6.54 Å². The van der Waals surface area contributed by atoms with Crippen LogP contribution in [0.25, 0.3) is 0 Å². The third-order valence-electron chi connectivity index (χ3n) is 1.45. The molecule has 0 aliphatic heterocycles. The maximum atomic E-state index is 11.3. The van der Waals surface area contributed by atoms with Crippen molar-refractivity contribution in [3.8, 4) is 0 Å². The van der Waals surface area contributed by atoms with Crippen LogP contribution in [0.5, 0.6) is 0 Å². The second-order valence-corrected chi connectivity index (χ2v) is 2.82. The maximum Gasteiger partial charge on any atom is 0.243 e. The fourth-order valence-corrected chi connectivity index (χ4v) is 0.953. The second-order valence-electron chi connectivity index (χ2n) is 2.82. The van der Waals surface area contributed by atoms with Gasteiger partial charge >= 0.3 is 0 Å². The van der Waals surface area contributed by atoms with Gasteiger partial charge in [0.25, 0.3) is 0 Å². The Morgan fingerprint density at radius 3 is 2.29 bits per heavy atom. The zero-order chi connectivity index (χ0) is 11.1. The summed E-state index contributed by atoms with van der Waals surface area (Å²) in [4.78, 5) is 32.6. The predicted octanol–water partition coefficient (Wildman–Crippen LogP) is -1.50. The third kappa shape index (κ3) is 5.13. The molecule has 0 aliphatic rings. The molecule has 0 aromatic carbocycles. The summed E-state index contributed by atoms with van der Waals surface area (Å²) >= 11 is 0. The predicted molar refractivity (Wildman–Crippen MR) is 50.1 cm³/mol. The number of nitrogens with one attached hydrogen (secondary N) is 2. The summed E-state index contributed by atoms with van der Waals surface area (Å²) in [6.45, 7) is 3.45. The quantitative estimate of drug-likeness (QED) is 0.504. The lowest BCUT2D eigenvalue weighted by Gasteiger charge is -2.14. The zero-order valence-electron chi connectivity index (χ0n) is 8.29. The van der Waals surface area contributed by atoms with Gasteiger partial charge in [-0.2, -0.15) is 0 Å². The molecule has 0 saturated carbocycles. The fraction of sp³-hybridized carbons (Fsp3) is 0.625. The van der Waals surface area contributed by atoms with E-state index in [2.05, 4.69) is 10.6 Å². The SMILES string of the molecule is CCNC(=O)C(CC(N)=O)NC(C)=O. The number of rotatable bonds is 5. The third-order valence-corrected chi connectivity index (χ3v) is 1.45. The molecule has 0 radical (unpaired) electrons. The van der Waals surface area contributed by atoms with Crippen molar-refractivity contribution < 1.29 is 14.4 Å². The smallest absolute Gasteiger partial charge is 0.243 e. The van der Waals surface area contributed by atoms with Crippen LogP contribution in [-0.4, -0.2) is 30.3 Å². The summed E-state index contributed by atoms with van der Waals surface area (Å²) in [5, 5.41) is 4.84. The molecular weight excluding hydrogens is 186 g/mol. The number of hydrogen-bond donors (Lipinski definition) is 3. The van der Waals surface area contributed by atoms with Gasteiger partial charge in [0.2, 0.25) is 17.7 Å². The van der Waals surface area contributed by atoms with E-state index < -0.39 is 17.9 Å². The van der Waals surface area contributed by atoms with Crippen molar-refractivity contribution in [1.29, 1.82) is 0 Å². The lowest BCUT2D eigenvalue weighted by molar-refractivity contribution is -0.130. The van der Waals surface area contributed by atoms with Gasteiger partial charge in [-0.25, -0.2) is 0 Å². The minimum atomic E-state index is -0.870. The van der Waals surface area contributed by atoms with Crippen LogP contribution in [0.3, 0.4) is 0 Å². The molecule has 80 valence electrons. The molecule has 3 amide bonds. The molecule has 0 spiro atoms. The van der Waals surface area contributed by atoms with Crippen LogP contribution >= 0.6 is 0 Å². The van der Waals surface area contributed by atoms with E-state index in [1.165, 1.54) is 6.92 Å². The van der Waals surface area contributed by atoms with Crippen molar-refractivity contribution in [1.82, 2.24) is 10.6 Å². The summed E-state index contributed by atoms with van der Waals surface area (Å²) in [6, 6.07) is -0.870. The molecule has 1 unspecified atom stereocenters. The standard InChI is InChI=1S/C8H15N3O3/c1-3-10-8(14)6(4-7(9)13)11-5(2)12/h6H,3-4H2,1-2H3,(H2,9,13)(H,10,14)(H,11,12). The summed E-state index contributed by atoms with van der Waals surface area (Å²) in [7, 11) is 0. The molecule has 0 heterocycles. The molecule has 6 nitrogen and oxygen atoms in total. The van der Waals surface area contributed by atoms with Crippen LogP contribution in [0, 0.1) is 0 Å². The van der Waals surface area contributed by atoms with E-state index in [1.807, 2.05) is 0 Å². The molecule has 6 heteroatoms. The molecule has 0 bridgehead atoms. The number of carbonyl (C=O) groups excluding carboxylic acids is 3. The van der Waals surface area contributed by atoms with Gasteiger partial charge in [-0.15, -0.1) is 0 Å². The molecule has 0 aromatic rings. The number of hydrogen-bond acceptors (Lipinski definition) is 3. The van der Waals surface area contributed by atoms with Crippen LogP contribution in [0.4, 0.5) is 0 Å². The highest BCUT2D eigenvalue weighted by atomic mass is 16.2. The van der Waals surface area contributed by atoms with Crippen LogP contribution < -0.4 is 16.4 Å². The number of primary amides is 1. The molecule has 0 aromatic heterocycles. The summed E-state index contributed by atoms with van der Waals surface area (Å²) in [6.07, 6.45) is -0.189. The van der Waals surface area contributed by atoms with Gasteiger partial charge in [-0.3, -0.25) is 14.4 Å². The molecule has 0 saturated heterocycles. The molecule has 0 rings (SSSR count). The number of carbonyl (C=O) groups is 3. The Bertz CT molecular complexity index is 224. The Kier molecular flexibility index (Phi) is 5.28. The van der Waals surface area contributed by atoms with Crippen molar-refractivity contribution in [2.45, 2.75) is 26.3 Å². The van der Waals surface area contributed by atoms with Crippen LogP contribution in [0.2, 0.25) is 0 Å². The average molecular weight is 201 g/mol. The van der Waals surface area contributed by atoms with E-state index in [-0.39, 0.29) is 12.3 Å². The highest BCUT2D eigenvalue weighted by Gasteiger charge is 2.20. The maximum absolute atomic E-state index is 11.3. The van der Waals surface area contributed by atoms with Crippen LogP contribution in [0.1, 0.15) is 20.3 Å². The first-order chi connectivity index (χ1) is 6.47. The molecular formula is C8H15N3O3. The van der Waals surface area contributed by atoms with E-state index in [9.17, 15) is 14.4 Å². The monoisotopic (exact) mass is 201 g/mol. The molecule has 0 fully saturated rings. The first kappa shape index (κ1) is 12.4. The Balaban J connectivity index is 4.29. The van der Waals surface area contributed by atoms with Crippen molar-refractivity contribution in [3.05, 3.63) is 0 Å². The highest BCUT2D eigenvalue weighted by molar-refractivity contribution is 5.91. The van der Waals surface area contributed by atoms with Gasteiger partial charge in [0.1, 0.15) is 6.04 Å². The van der Waals surface area contributed by atoms with Gasteiger partial charge in [-0.1, -0.05) is 0 Å². The van der Waals surface area contributed by atoms with Gasteiger partial charge in [0.15, 0.2) is 0 Å². The fourth-order valence-electron chi connectivity index (χ4n) is 0.953. The number of likely N-dealkylation sites (N-methyl/N-ethyl adjacent to an activating group) is 1. The van der Waals surface area contributed by atoms with E-state index in [4.69, 9.17) is 5.73 Å². The highest BCUT2D eigenvalue weighted by Crippen LogP contribution is 1.91. The Labute approximate surface area is 82.2 Å². The molecule has 14 heavy (non-hydrogen) atoms. The Morgan fingerprint density at radius 1 is 1.36 bits per heavy atom. The van der Waals surface area contributed by atoms with Gasteiger partial charge in [-0.05, 0) is 6.92 Å². The minimum absolute atomic E-state index is 0.189. The van der Waals surface area contributed by atoms with Crippen molar-refractivity contribution in [2.75, 3.05) is 6.54 Å². The van der Waals surface area contributed by atoms with Gasteiger partial charge < -0.3 is 16.4 Å². The first-order valence-electron chi connectivity index (χ1n) is 4.30. The van der Waals surface area contributed by atoms with Crippen molar-refractivity contribution >= 4 is 17.7 Å². The summed E-state index contributed by atoms with van der Waals surface area (Å²) in [5.41, 5.74) is 4.93. The van der Waals surface area contributed by atoms with Gasteiger partial charge in [0.05, 0.1) is 6.42 Å². The topological polar surface area (TPSA) is 101 Å².